The zero-order valence-electron chi connectivity index (χ0n) is 12.9. The van der Waals surface area contributed by atoms with E-state index in [4.69, 9.17) is 5.73 Å². The van der Waals surface area contributed by atoms with Crippen molar-refractivity contribution < 1.29 is 18.0 Å². The Labute approximate surface area is 140 Å². The summed E-state index contributed by atoms with van der Waals surface area (Å²) in [6, 6.07) is 8.12. The first-order valence-corrected chi connectivity index (χ1v) is 7.30. The molecule has 0 fully saturated rings. The number of rotatable bonds is 5. The van der Waals surface area contributed by atoms with E-state index in [-0.39, 0.29) is 17.7 Å². The van der Waals surface area contributed by atoms with Gasteiger partial charge in [0, 0.05) is 18.0 Å². The average Bonchev–Trinajstić information content (AvgIpc) is 3.05. The summed E-state index contributed by atoms with van der Waals surface area (Å²) in [4.78, 5) is 15.2. The average molecular weight is 346 g/mol. The molecule has 5 nitrogen and oxygen atoms in total. The number of aromatic nitrogens is 3. The van der Waals surface area contributed by atoms with Crippen molar-refractivity contribution in [1.82, 2.24) is 14.8 Å². The Bertz CT molecular complexity index is 924. The molecular formula is C17H13F3N4O. The van der Waals surface area contributed by atoms with Gasteiger partial charge in [-0.05, 0) is 53.9 Å². The lowest BCUT2D eigenvalue weighted by molar-refractivity contribution is 0.0995. The second kappa shape index (κ2) is 6.76. The molecule has 0 radical (unpaired) electrons. The van der Waals surface area contributed by atoms with Crippen molar-refractivity contribution >= 4 is 5.91 Å². The lowest BCUT2D eigenvalue weighted by atomic mass is 10.0. The van der Waals surface area contributed by atoms with Gasteiger partial charge in [0.25, 0.3) is 12.3 Å². The van der Waals surface area contributed by atoms with Crippen molar-refractivity contribution in [1.29, 1.82) is 0 Å². The number of primary amides is 1. The van der Waals surface area contributed by atoms with Crippen LogP contribution < -0.4 is 5.73 Å². The van der Waals surface area contributed by atoms with E-state index in [0.717, 1.165) is 11.6 Å². The normalized spacial score (nSPS) is 11.0. The van der Waals surface area contributed by atoms with Crippen molar-refractivity contribution in [3.05, 3.63) is 77.0 Å². The quantitative estimate of drug-likeness (QED) is 0.772. The van der Waals surface area contributed by atoms with Gasteiger partial charge < -0.3 is 5.73 Å². The van der Waals surface area contributed by atoms with Gasteiger partial charge in [0.1, 0.15) is 11.5 Å². The van der Waals surface area contributed by atoms with E-state index in [1.807, 2.05) is 0 Å². The second-order valence-corrected chi connectivity index (χ2v) is 5.40. The number of nitrogens with two attached hydrogens (primary N) is 1. The SMILES string of the molecule is NC(=O)c1ccn(-c2cc(Cc3cc(F)cc(C(F)F)c3)ccn2)n1. The summed E-state index contributed by atoms with van der Waals surface area (Å²) < 4.78 is 40.5. The van der Waals surface area contributed by atoms with Crippen LogP contribution >= 0.6 is 0 Å². The first-order valence-electron chi connectivity index (χ1n) is 7.30. The van der Waals surface area contributed by atoms with Crippen LogP contribution in [0.5, 0.6) is 0 Å². The van der Waals surface area contributed by atoms with Gasteiger partial charge in [0.05, 0.1) is 0 Å². The lowest BCUT2D eigenvalue weighted by Gasteiger charge is -2.07. The number of benzene rings is 1. The maximum atomic E-state index is 13.5. The Hall–Kier alpha value is -3.16. The third-order valence-corrected chi connectivity index (χ3v) is 3.53. The molecule has 2 aromatic heterocycles. The van der Waals surface area contributed by atoms with Crippen molar-refractivity contribution in [2.45, 2.75) is 12.8 Å². The molecule has 3 aromatic rings. The maximum absolute atomic E-state index is 13.5. The summed E-state index contributed by atoms with van der Waals surface area (Å²) in [7, 11) is 0. The number of amides is 1. The van der Waals surface area contributed by atoms with E-state index < -0.39 is 18.1 Å². The van der Waals surface area contributed by atoms with Crippen LogP contribution in [0.25, 0.3) is 5.82 Å². The third-order valence-electron chi connectivity index (χ3n) is 3.53. The number of carbonyl (C=O) groups is 1. The molecule has 0 unspecified atom stereocenters. The summed E-state index contributed by atoms with van der Waals surface area (Å²) in [5.41, 5.74) is 6.05. The molecule has 0 bridgehead atoms. The van der Waals surface area contributed by atoms with Crippen LogP contribution in [-0.2, 0) is 6.42 Å². The van der Waals surface area contributed by atoms with Crippen molar-refractivity contribution in [2.24, 2.45) is 5.73 Å². The van der Waals surface area contributed by atoms with Crippen LogP contribution in [-0.4, -0.2) is 20.7 Å². The first kappa shape index (κ1) is 16.7. The predicted octanol–water partition coefficient (Wildman–Crippen LogP) is 3.03. The van der Waals surface area contributed by atoms with Gasteiger partial charge >= 0.3 is 0 Å². The van der Waals surface area contributed by atoms with E-state index in [1.165, 1.54) is 35.3 Å². The summed E-state index contributed by atoms with van der Waals surface area (Å²) in [5.74, 6) is -0.940. The molecule has 0 spiro atoms. The molecule has 2 heterocycles. The number of alkyl halides is 2. The highest BCUT2D eigenvalue weighted by Crippen LogP contribution is 2.23. The highest BCUT2D eigenvalue weighted by atomic mass is 19.3. The lowest BCUT2D eigenvalue weighted by Crippen LogP contribution is -2.12. The van der Waals surface area contributed by atoms with E-state index in [9.17, 15) is 18.0 Å². The Balaban J connectivity index is 1.88. The van der Waals surface area contributed by atoms with Crippen LogP contribution in [0.3, 0.4) is 0 Å². The number of carbonyl (C=O) groups excluding carboxylic acids is 1. The fourth-order valence-electron chi connectivity index (χ4n) is 2.42. The van der Waals surface area contributed by atoms with Crippen LogP contribution in [0.1, 0.15) is 33.6 Å². The second-order valence-electron chi connectivity index (χ2n) is 5.40. The predicted molar refractivity (Wildman–Crippen MR) is 84.0 cm³/mol. The molecule has 0 saturated heterocycles. The monoisotopic (exact) mass is 346 g/mol. The van der Waals surface area contributed by atoms with Crippen LogP contribution in [0, 0.1) is 5.82 Å². The minimum atomic E-state index is -2.74. The van der Waals surface area contributed by atoms with E-state index in [0.29, 0.717) is 11.4 Å². The fraction of sp³-hybridized carbons (Fsp3) is 0.118. The molecule has 128 valence electrons. The zero-order valence-corrected chi connectivity index (χ0v) is 12.9. The molecule has 2 N–H and O–H groups in total. The summed E-state index contributed by atoms with van der Waals surface area (Å²) in [6.45, 7) is 0. The van der Waals surface area contributed by atoms with E-state index in [1.54, 1.807) is 12.1 Å². The van der Waals surface area contributed by atoms with E-state index >= 15 is 0 Å². The molecule has 1 aromatic carbocycles. The van der Waals surface area contributed by atoms with Crippen LogP contribution in [0.15, 0.2) is 48.8 Å². The highest BCUT2D eigenvalue weighted by molar-refractivity contribution is 5.90. The summed E-state index contributed by atoms with van der Waals surface area (Å²) in [6.07, 6.45) is 0.558. The largest absolute Gasteiger partial charge is 0.364 e. The number of nitrogens with zero attached hydrogens (tertiary/aromatic N) is 3. The van der Waals surface area contributed by atoms with Gasteiger partial charge in [-0.15, -0.1) is 0 Å². The van der Waals surface area contributed by atoms with Crippen molar-refractivity contribution in [2.75, 3.05) is 0 Å². The van der Waals surface area contributed by atoms with Gasteiger partial charge in [-0.2, -0.15) is 5.10 Å². The summed E-state index contributed by atoms with van der Waals surface area (Å²) in [5, 5.41) is 4.00. The van der Waals surface area contributed by atoms with Crippen LogP contribution in [0.4, 0.5) is 13.2 Å². The number of halogens is 3. The van der Waals surface area contributed by atoms with Gasteiger partial charge in [-0.25, -0.2) is 22.8 Å². The molecule has 3 rings (SSSR count). The van der Waals surface area contributed by atoms with Gasteiger partial charge in [0.2, 0.25) is 0 Å². The molecule has 0 aliphatic heterocycles. The smallest absolute Gasteiger partial charge is 0.269 e. The van der Waals surface area contributed by atoms with Crippen molar-refractivity contribution in [3.8, 4) is 5.82 Å². The number of hydrogen-bond acceptors (Lipinski definition) is 3. The van der Waals surface area contributed by atoms with Gasteiger partial charge in [0.15, 0.2) is 5.82 Å². The Morgan fingerprint density at radius 3 is 2.64 bits per heavy atom. The summed E-state index contributed by atoms with van der Waals surface area (Å²) >= 11 is 0. The number of pyridine rings is 1. The third kappa shape index (κ3) is 3.85. The Morgan fingerprint density at radius 2 is 1.96 bits per heavy atom. The zero-order chi connectivity index (χ0) is 18.0. The molecule has 25 heavy (non-hydrogen) atoms. The molecule has 0 aliphatic carbocycles. The minimum Gasteiger partial charge on any atom is -0.364 e. The Kier molecular flexibility index (Phi) is 4.51. The molecular weight excluding hydrogens is 333 g/mol. The highest BCUT2D eigenvalue weighted by Gasteiger charge is 2.11. The first-order chi connectivity index (χ1) is 11.9. The maximum Gasteiger partial charge on any atom is 0.269 e. The number of hydrogen-bond donors (Lipinski definition) is 1. The standard InChI is InChI=1S/C17H13F3N4O/c18-13-7-11(6-12(9-13)16(19)20)5-10-1-3-22-15(8-10)24-4-2-14(23-24)17(21)25/h1-4,6-9,16H,5H2,(H2,21,25). The fourth-order valence-corrected chi connectivity index (χ4v) is 2.42. The van der Waals surface area contributed by atoms with Gasteiger partial charge in [-0.3, -0.25) is 4.79 Å². The molecule has 0 aliphatic rings. The van der Waals surface area contributed by atoms with Crippen molar-refractivity contribution in [3.63, 3.8) is 0 Å². The molecule has 0 saturated carbocycles. The van der Waals surface area contributed by atoms with Gasteiger partial charge in [-0.1, -0.05) is 0 Å². The van der Waals surface area contributed by atoms with E-state index in [2.05, 4.69) is 10.1 Å². The van der Waals surface area contributed by atoms with Crippen LogP contribution in [0.2, 0.25) is 0 Å². The molecule has 1 amide bonds. The molecule has 0 atom stereocenters. The Morgan fingerprint density at radius 1 is 1.16 bits per heavy atom. The molecule has 8 heteroatoms. The minimum absolute atomic E-state index is 0.0962. The topological polar surface area (TPSA) is 73.8 Å².